The smallest absolute Gasteiger partial charge is 0.248 e. The maximum atomic E-state index is 13.0. The first kappa shape index (κ1) is 18.8. The van der Waals surface area contributed by atoms with E-state index in [1.807, 2.05) is 12.1 Å². The van der Waals surface area contributed by atoms with E-state index in [0.717, 1.165) is 38.2 Å². The molecule has 148 valence electrons. The first-order valence-corrected chi connectivity index (χ1v) is 10.5. The Morgan fingerprint density at radius 2 is 1.96 bits per heavy atom. The van der Waals surface area contributed by atoms with Gasteiger partial charge in [-0.15, -0.1) is 0 Å². The van der Waals surface area contributed by atoms with Crippen LogP contribution < -0.4 is 4.74 Å². The van der Waals surface area contributed by atoms with E-state index >= 15 is 0 Å². The molecular weight excluding hydrogens is 340 g/mol. The van der Waals surface area contributed by atoms with Crippen LogP contribution in [0.5, 0.6) is 5.75 Å². The van der Waals surface area contributed by atoms with Crippen molar-refractivity contribution in [2.45, 2.75) is 50.6 Å². The Hall–Kier alpha value is -1.59. The molecule has 0 N–H and O–H groups in total. The number of piperidine rings is 3. The summed E-state index contributed by atoms with van der Waals surface area (Å²) in [7, 11) is 1.74. The lowest BCUT2D eigenvalue weighted by molar-refractivity contribution is -0.140. The van der Waals surface area contributed by atoms with Gasteiger partial charge >= 0.3 is 0 Å². The van der Waals surface area contributed by atoms with Gasteiger partial charge in [0, 0.05) is 30.7 Å². The highest BCUT2D eigenvalue weighted by atomic mass is 16.5. The number of para-hydroxylation sites is 1. The zero-order chi connectivity index (χ0) is 18.8. The van der Waals surface area contributed by atoms with Gasteiger partial charge in [0.25, 0.3) is 0 Å². The van der Waals surface area contributed by atoms with Gasteiger partial charge in [-0.2, -0.15) is 0 Å². The van der Waals surface area contributed by atoms with Crippen molar-refractivity contribution in [1.82, 2.24) is 9.80 Å². The molecule has 1 aromatic carbocycles. The summed E-state index contributed by atoms with van der Waals surface area (Å²) in [6.45, 7) is 6.13. The average Bonchev–Trinajstić information content (AvgIpc) is 3.15. The molecule has 2 bridgehead atoms. The Balaban J connectivity index is 1.58. The van der Waals surface area contributed by atoms with E-state index < -0.39 is 0 Å². The van der Waals surface area contributed by atoms with Crippen molar-refractivity contribution in [1.29, 1.82) is 0 Å². The summed E-state index contributed by atoms with van der Waals surface area (Å²) in [6.07, 6.45) is 4.52. The maximum absolute atomic E-state index is 13.0. The van der Waals surface area contributed by atoms with Crippen molar-refractivity contribution in [3.8, 4) is 5.75 Å². The molecule has 1 aromatic rings. The van der Waals surface area contributed by atoms with E-state index in [9.17, 15) is 4.79 Å². The summed E-state index contributed by atoms with van der Waals surface area (Å²) in [5.41, 5.74) is 1.24. The number of fused-ring (bicyclic) bond motifs is 2. The lowest BCUT2D eigenvalue weighted by Gasteiger charge is -2.51. The summed E-state index contributed by atoms with van der Waals surface area (Å²) in [5.74, 6) is 2.04. The molecule has 5 heteroatoms. The predicted molar refractivity (Wildman–Crippen MR) is 105 cm³/mol. The highest BCUT2D eigenvalue weighted by molar-refractivity contribution is 5.78. The number of rotatable bonds is 7. The maximum Gasteiger partial charge on any atom is 0.248 e. The van der Waals surface area contributed by atoms with Crippen LogP contribution in [0.25, 0.3) is 0 Å². The van der Waals surface area contributed by atoms with Gasteiger partial charge in [-0.3, -0.25) is 9.69 Å². The Morgan fingerprint density at radius 3 is 2.70 bits per heavy atom. The van der Waals surface area contributed by atoms with Crippen LogP contribution in [0.3, 0.4) is 0 Å². The second kappa shape index (κ2) is 8.19. The van der Waals surface area contributed by atoms with Crippen LogP contribution in [0.1, 0.15) is 44.1 Å². The van der Waals surface area contributed by atoms with E-state index in [0.29, 0.717) is 30.5 Å². The second-order valence-electron chi connectivity index (χ2n) is 8.16. The summed E-state index contributed by atoms with van der Waals surface area (Å²) in [6, 6.07) is 9.06. The van der Waals surface area contributed by atoms with Gasteiger partial charge in [0.2, 0.25) is 5.91 Å². The number of likely N-dealkylation sites (tertiary alicyclic amines) is 1. The molecule has 4 aliphatic rings. The number of ether oxygens (including phenoxy) is 2. The number of amides is 1. The average molecular weight is 373 g/mol. The molecule has 4 saturated heterocycles. The van der Waals surface area contributed by atoms with Crippen LogP contribution in [0.4, 0.5) is 0 Å². The topological polar surface area (TPSA) is 42.0 Å². The largest absolute Gasteiger partial charge is 0.496 e. The zero-order valence-corrected chi connectivity index (χ0v) is 16.6. The third-order valence-electron chi connectivity index (χ3n) is 6.72. The molecule has 4 heterocycles. The van der Waals surface area contributed by atoms with E-state index in [1.165, 1.54) is 18.4 Å². The van der Waals surface area contributed by atoms with Gasteiger partial charge in [-0.25, -0.2) is 0 Å². The molecule has 5 nitrogen and oxygen atoms in total. The highest BCUT2D eigenvalue weighted by Gasteiger charge is 2.54. The van der Waals surface area contributed by atoms with E-state index in [-0.39, 0.29) is 12.5 Å². The van der Waals surface area contributed by atoms with Gasteiger partial charge in [0.05, 0.1) is 13.2 Å². The third kappa shape index (κ3) is 3.47. The third-order valence-corrected chi connectivity index (χ3v) is 6.72. The van der Waals surface area contributed by atoms with E-state index in [1.54, 1.807) is 7.11 Å². The predicted octanol–water partition coefficient (Wildman–Crippen LogP) is 2.90. The molecule has 4 fully saturated rings. The molecule has 0 saturated carbocycles. The Morgan fingerprint density at radius 1 is 1.19 bits per heavy atom. The Kier molecular flexibility index (Phi) is 5.69. The number of carbonyl (C=O) groups is 1. The Bertz CT molecular complexity index is 657. The molecule has 0 radical (unpaired) electrons. The van der Waals surface area contributed by atoms with Crippen LogP contribution in [0, 0.1) is 5.92 Å². The van der Waals surface area contributed by atoms with Crippen molar-refractivity contribution in [3.05, 3.63) is 29.8 Å². The van der Waals surface area contributed by atoms with Gasteiger partial charge in [0.15, 0.2) is 0 Å². The van der Waals surface area contributed by atoms with E-state index in [4.69, 9.17) is 9.47 Å². The summed E-state index contributed by atoms with van der Waals surface area (Å²) in [4.78, 5) is 17.8. The lowest BCUT2D eigenvalue weighted by atomic mass is 9.75. The molecule has 5 rings (SSSR count). The van der Waals surface area contributed by atoms with Crippen molar-refractivity contribution in [2.75, 3.05) is 40.0 Å². The molecule has 0 aromatic heterocycles. The zero-order valence-electron chi connectivity index (χ0n) is 16.6. The molecular formula is C22H32N2O3. The van der Waals surface area contributed by atoms with Crippen LogP contribution in [0.2, 0.25) is 0 Å². The number of methoxy groups -OCH3 is 1. The van der Waals surface area contributed by atoms with Crippen molar-refractivity contribution < 1.29 is 14.3 Å². The van der Waals surface area contributed by atoms with Gasteiger partial charge in [-0.1, -0.05) is 31.5 Å². The normalized spacial score (nSPS) is 31.8. The van der Waals surface area contributed by atoms with E-state index in [2.05, 4.69) is 28.9 Å². The molecule has 0 aliphatic carbocycles. The minimum absolute atomic E-state index is 0.159. The van der Waals surface area contributed by atoms with Crippen LogP contribution in [-0.2, 0) is 9.53 Å². The quantitative estimate of drug-likeness (QED) is 0.690. The van der Waals surface area contributed by atoms with Crippen molar-refractivity contribution >= 4 is 5.91 Å². The number of benzene rings is 1. The van der Waals surface area contributed by atoms with Crippen LogP contribution in [-0.4, -0.2) is 67.7 Å². The SMILES string of the molecule is CCCCOCC(=O)N1C[C@@H](c2ccccc2OC)[C@@H]2[C@H]1C1CCN2CC1. The fraction of sp³-hybridized carbons (Fsp3) is 0.682. The fourth-order valence-electron chi connectivity index (χ4n) is 5.44. The fourth-order valence-corrected chi connectivity index (χ4v) is 5.44. The summed E-state index contributed by atoms with van der Waals surface area (Å²) in [5, 5.41) is 0. The molecule has 3 atom stereocenters. The van der Waals surface area contributed by atoms with Crippen LogP contribution in [0.15, 0.2) is 24.3 Å². The lowest BCUT2D eigenvalue weighted by Crippen LogP contribution is -2.61. The monoisotopic (exact) mass is 372 g/mol. The number of hydrogen-bond donors (Lipinski definition) is 0. The number of nitrogens with zero attached hydrogens (tertiary/aromatic N) is 2. The van der Waals surface area contributed by atoms with Gasteiger partial charge in [0.1, 0.15) is 12.4 Å². The molecule has 1 amide bonds. The molecule has 0 spiro atoms. The number of carbonyl (C=O) groups excluding carboxylic acids is 1. The number of hydrogen-bond acceptors (Lipinski definition) is 4. The first-order chi connectivity index (χ1) is 13.2. The first-order valence-electron chi connectivity index (χ1n) is 10.5. The highest BCUT2D eigenvalue weighted by Crippen LogP contribution is 2.48. The number of unbranched alkanes of at least 4 members (excludes halogenated alkanes) is 1. The standard InChI is InChI=1S/C22H32N2O3/c1-3-4-13-27-15-20(25)24-14-18(17-7-5-6-8-19(17)26-2)22-21(24)16-9-11-23(22)12-10-16/h5-8,16,18,21-22H,3-4,9-15H2,1-2H3/t18-,21+,22+/m0/s1. The second-order valence-corrected chi connectivity index (χ2v) is 8.16. The minimum atomic E-state index is 0.159. The van der Waals surface area contributed by atoms with Crippen LogP contribution >= 0.6 is 0 Å². The Labute approximate surface area is 162 Å². The van der Waals surface area contributed by atoms with Gasteiger partial charge in [-0.05, 0) is 44.3 Å². The molecule has 27 heavy (non-hydrogen) atoms. The van der Waals surface area contributed by atoms with Crippen molar-refractivity contribution in [2.24, 2.45) is 5.92 Å². The summed E-state index contributed by atoms with van der Waals surface area (Å²) >= 11 is 0. The van der Waals surface area contributed by atoms with Crippen molar-refractivity contribution in [3.63, 3.8) is 0 Å². The summed E-state index contributed by atoms with van der Waals surface area (Å²) < 4.78 is 11.3. The minimum Gasteiger partial charge on any atom is -0.496 e. The van der Waals surface area contributed by atoms with Gasteiger partial charge < -0.3 is 14.4 Å². The molecule has 4 aliphatic heterocycles. The molecule has 0 unspecified atom stereocenters.